The number of halogens is 1. The Morgan fingerprint density at radius 1 is 1.64 bits per heavy atom. The van der Waals surface area contributed by atoms with Crippen molar-refractivity contribution in [3.05, 3.63) is 0 Å². The fourth-order valence-electron chi connectivity index (χ4n) is 2.03. The number of carbonyl (C=O) groups excluding carboxylic acids is 1. The average Bonchev–Trinajstić information content (AvgIpc) is 2.93. The van der Waals surface area contributed by atoms with Crippen LogP contribution in [-0.2, 0) is 4.79 Å². The molecule has 1 saturated heterocycles. The molecule has 1 aliphatic carbocycles. The molecule has 80 valence electrons. The maximum atomic E-state index is 11.6. The lowest BCUT2D eigenvalue weighted by molar-refractivity contribution is -0.162. The van der Waals surface area contributed by atoms with Crippen LogP contribution in [-0.4, -0.2) is 40.5 Å². The maximum Gasteiger partial charge on any atom is 0.226 e. The highest BCUT2D eigenvalue weighted by Gasteiger charge is 2.53. The summed E-state index contributed by atoms with van der Waals surface area (Å²) in [5.74, 6) is 0.751. The lowest BCUT2D eigenvalue weighted by atomic mass is 9.88. The number of β-amino-alcohol motifs (C(OH)–C–C–N with tert-alkyl or cyclic N) is 1. The molecular formula is C10H16ClNO2. The van der Waals surface area contributed by atoms with E-state index < -0.39 is 5.60 Å². The van der Waals surface area contributed by atoms with Gasteiger partial charge in [-0.15, -0.1) is 11.6 Å². The number of carbonyl (C=O) groups is 1. The van der Waals surface area contributed by atoms with E-state index >= 15 is 0 Å². The SMILES string of the molecule is CC(CCl)C(=O)N1CC(O)(C2CC2)C1. The van der Waals surface area contributed by atoms with Crippen molar-refractivity contribution in [3.63, 3.8) is 0 Å². The van der Waals surface area contributed by atoms with Gasteiger partial charge in [-0.3, -0.25) is 4.79 Å². The first-order valence-electron chi connectivity index (χ1n) is 5.14. The number of alkyl halides is 1. The minimum atomic E-state index is -0.568. The second kappa shape index (κ2) is 3.38. The molecule has 1 atom stereocenters. The van der Waals surface area contributed by atoms with Crippen molar-refractivity contribution < 1.29 is 9.90 Å². The Bertz CT molecular complexity index is 247. The Morgan fingerprint density at radius 2 is 2.21 bits per heavy atom. The van der Waals surface area contributed by atoms with Crippen molar-refractivity contribution >= 4 is 17.5 Å². The molecule has 2 aliphatic rings. The third-order valence-electron chi connectivity index (χ3n) is 3.23. The molecule has 0 aromatic rings. The van der Waals surface area contributed by atoms with Crippen LogP contribution in [0.4, 0.5) is 0 Å². The summed E-state index contributed by atoms with van der Waals surface area (Å²) in [6.07, 6.45) is 2.23. The zero-order valence-electron chi connectivity index (χ0n) is 8.37. The predicted molar refractivity (Wildman–Crippen MR) is 54.1 cm³/mol. The maximum absolute atomic E-state index is 11.6. The second-order valence-corrected chi connectivity index (χ2v) is 4.94. The molecular weight excluding hydrogens is 202 g/mol. The van der Waals surface area contributed by atoms with E-state index in [9.17, 15) is 9.90 Å². The van der Waals surface area contributed by atoms with Crippen LogP contribution in [0.3, 0.4) is 0 Å². The molecule has 0 radical (unpaired) electrons. The van der Waals surface area contributed by atoms with Crippen molar-refractivity contribution in [2.45, 2.75) is 25.4 Å². The standard InChI is InChI=1S/C10H16ClNO2/c1-7(4-11)9(13)12-5-10(14,6-12)8-2-3-8/h7-8,14H,2-6H2,1H3. The fourth-order valence-corrected chi connectivity index (χ4v) is 2.16. The third kappa shape index (κ3) is 1.63. The van der Waals surface area contributed by atoms with Gasteiger partial charge < -0.3 is 10.0 Å². The largest absolute Gasteiger partial charge is 0.386 e. The van der Waals surface area contributed by atoms with Crippen LogP contribution in [0, 0.1) is 11.8 Å². The quantitative estimate of drug-likeness (QED) is 0.712. The monoisotopic (exact) mass is 217 g/mol. The van der Waals surface area contributed by atoms with Crippen LogP contribution >= 0.6 is 11.6 Å². The van der Waals surface area contributed by atoms with Gasteiger partial charge in [0.1, 0.15) is 5.60 Å². The highest BCUT2D eigenvalue weighted by atomic mass is 35.5. The van der Waals surface area contributed by atoms with Gasteiger partial charge in [-0.05, 0) is 18.8 Å². The highest BCUT2D eigenvalue weighted by Crippen LogP contribution is 2.44. The molecule has 3 nitrogen and oxygen atoms in total. The molecule has 1 amide bonds. The van der Waals surface area contributed by atoms with Gasteiger partial charge in [0.2, 0.25) is 5.91 Å². The number of nitrogens with zero attached hydrogens (tertiary/aromatic N) is 1. The number of likely N-dealkylation sites (tertiary alicyclic amines) is 1. The van der Waals surface area contributed by atoms with Gasteiger partial charge in [0.15, 0.2) is 0 Å². The molecule has 2 rings (SSSR count). The summed E-state index contributed by atoms with van der Waals surface area (Å²) < 4.78 is 0. The molecule has 2 fully saturated rings. The summed E-state index contributed by atoms with van der Waals surface area (Å²) in [7, 11) is 0. The minimum absolute atomic E-state index is 0.0744. The van der Waals surface area contributed by atoms with Crippen LogP contribution in [0.2, 0.25) is 0 Å². The Labute approximate surface area is 89.0 Å². The highest BCUT2D eigenvalue weighted by molar-refractivity contribution is 6.19. The van der Waals surface area contributed by atoms with E-state index in [-0.39, 0.29) is 11.8 Å². The summed E-state index contributed by atoms with van der Waals surface area (Å²) >= 11 is 5.61. The first-order chi connectivity index (χ1) is 6.57. The zero-order valence-corrected chi connectivity index (χ0v) is 9.13. The number of amides is 1. The van der Waals surface area contributed by atoms with Crippen molar-refractivity contribution in [1.29, 1.82) is 0 Å². The van der Waals surface area contributed by atoms with Crippen LogP contribution in [0.1, 0.15) is 19.8 Å². The third-order valence-corrected chi connectivity index (χ3v) is 3.69. The molecule has 1 aliphatic heterocycles. The summed E-state index contributed by atoms with van der Waals surface area (Å²) in [5, 5.41) is 10.00. The van der Waals surface area contributed by atoms with Crippen LogP contribution < -0.4 is 0 Å². The lowest BCUT2D eigenvalue weighted by Gasteiger charge is -2.47. The zero-order chi connectivity index (χ0) is 10.3. The minimum Gasteiger partial charge on any atom is -0.386 e. The van der Waals surface area contributed by atoms with Crippen molar-refractivity contribution in [3.8, 4) is 0 Å². The summed E-state index contributed by atoms with van der Waals surface area (Å²) in [6.45, 7) is 2.85. The Hall–Kier alpha value is -0.280. The smallest absolute Gasteiger partial charge is 0.226 e. The van der Waals surface area contributed by atoms with Gasteiger partial charge in [0.05, 0.1) is 13.1 Å². The summed E-state index contributed by atoms with van der Waals surface area (Å²) in [5.41, 5.74) is -0.568. The van der Waals surface area contributed by atoms with Crippen LogP contribution in [0.5, 0.6) is 0 Å². The fraction of sp³-hybridized carbons (Fsp3) is 0.900. The number of aliphatic hydroxyl groups is 1. The van der Waals surface area contributed by atoms with E-state index in [1.165, 1.54) is 0 Å². The van der Waals surface area contributed by atoms with Gasteiger partial charge in [0.25, 0.3) is 0 Å². The molecule has 4 heteroatoms. The second-order valence-electron chi connectivity index (χ2n) is 4.63. The van der Waals surface area contributed by atoms with Crippen molar-refractivity contribution in [1.82, 2.24) is 4.90 Å². The Kier molecular flexibility index (Phi) is 2.48. The molecule has 1 N–H and O–H groups in total. The molecule has 0 aromatic carbocycles. The van der Waals surface area contributed by atoms with Crippen LogP contribution in [0.15, 0.2) is 0 Å². The lowest BCUT2D eigenvalue weighted by Crippen LogP contribution is -2.65. The molecule has 14 heavy (non-hydrogen) atoms. The summed E-state index contributed by atoms with van der Waals surface area (Å²) in [6, 6.07) is 0. The van der Waals surface area contributed by atoms with E-state index in [4.69, 9.17) is 11.6 Å². The van der Waals surface area contributed by atoms with E-state index in [1.54, 1.807) is 4.90 Å². The van der Waals surface area contributed by atoms with E-state index in [0.717, 1.165) is 12.8 Å². The van der Waals surface area contributed by atoms with E-state index in [0.29, 0.717) is 24.9 Å². The van der Waals surface area contributed by atoms with Crippen LogP contribution in [0.25, 0.3) is 0 Å². The summed E-state index contributed by atoms with van der Waals surface area (Å²) in [4.78, 5) is 13.3. The molecule has 0 bridgehead atoms. The molecule has 0 aromatic heterocycles. The molecule has 1 saturated carbocycles. The van der Waals surface area contributed by atoms with Gasteiger partial charge in [0, 0.05) is 11.8 Å². The molecule has 1 heterocycles. The van der Waals surface area contributed by atoms with Crippen molar-refractivity contribution in [2.75, 3.05) is 19.0 Å². The predicted octanol–water partition coefficient (Wildman–Crippen LogP) is 0.845. The number of hydrogen-bond donors (Lipinski definition) is 1. The van der Waals surface area contributed by atoms with E-state index in [2.05, 4.69) is 0 Å². The normalized spacial score (nSPS) is 26.9. The first kappa shape index (κ1) is 10.2. The average molecular weight is 218 g/mol. The number of rotatable bonds is 3. The number of hydrogen-bond acceptors (Lipinski definition) is 2. The van der Waals surface area contributed by atoms with Crippen molar-refractivity contribution in [2.24, 2.45) is 11.8 Å². The molecule has 1 unspecified atom stereocenters. The van der Waals surface area contributed by atoms with Gasteiger partial charge >= 0.3 is 0 Å². The van der Waals surface area contributed by atoms with Gasteiger partial charge in [-0.2, -0.15) is 0 Å². The first-order valence-corrected chi connectivity index (χ1v) is 5.67. The van der Waals surface area contributed by atoms with Gasteiger partial charge in [-0.1, -0.05) is 6.92 Å². The molecule has 0 spiro atoms. The Morgan fingerprint density at radius 3 is 2.64 bits per heavy atom. The topological polar surface area (TPSA) is 40.5 Å². The Balaban J connectivity index is 1.84. The van der Waals surface area contributed by atoms with Gasteiger partial charge in [-0.25, -0.2) is 0 Å². The van der Waals surface area contributed by atoms with E-state index in [1.807, 2.05) is 6.92 Å².